The summed E-state index contributed by atoms with van der Waals surface area (Å²) in [7, 11) is 0. The third-order valence-electron chi connectivity index (χ3n) is 6.74. The molecular weight excluding hydrogens is 268 g/mol. The Morgan fingerprint density at radius 3 is 2.67 bits per heavy atom. The largest absolute Gasteiger partial charge is 0.375 e. The molecule has 0 radical (unpaired) electrons. The molecule has 21 heavy (non-hydrogen) atoms. The molecule has 3 fully saturated rings. The molecule has 0 spiro atoms. The fraction of sp³-hybridized carbons (Fsp3) is 0.938. The van der Waals surface area contributed by atoms with Crippen LogP contribution in [0.2, 0.25) is 0 Å². The molecule has 5 unspecified atom stereocenters. The van der Waals surface area contributed by atoms with Crippen LogP contribution in [0.15, 0.2) is 0 Å². The monoisotopic (exact) mass is 296 g/mol. The van der Waals surface area contributed by atoms with Crippen molar-refractivity contribution in [3.8, 4) is 0 Å². The van der Waals surface area contributed by atoms with Crippen molar-refractivity contribution in [3.05, 3.63) is 0 Å². The van der Waals surface area contributed by atoms with Crippen LogP contribution in [0.3, 0.4) is 0 Å². The summed E-state index contributed by atoms with van der Waals surface area (Å²) in [5, 5.41) is 0. The van der Waals surface area contributed by atoms with Crippen molar-refractivity contribution in [2.45, 2.75) is 71.2 Å². The van der Waals surface area contributed by atoms with Gasteiger partial charge in [-0.05, 0) is 48.9 Å². The van der Waals surface area contributed by atoms with Crippen LogP contribution in [-0.4, -0.2) is 30.8 Å². The summed E-state index contributed by atoms with van der Waals surface area (Å²) in [5.74, 6) is 5.70. The van der Waals surface area contributed by atoms with E-state index in [1.807, 2.05) is 0 Å². The number of hydrogen-bond acceptors (Lipinski definition) is 4. The SMILES string of the molecule is CC1(C)C2CCC1(C)C(OCC1CCC(C(=O)NN)O1)C2. The van der Waals surface area contributed by atoms with Crippen LogP contribution in [0, 0.1) is 16.7 Å². The molecule has 120 valence electrons. The molecule has 3 N–H and O–H groups in total. The second kappa shape index (κ2) is 5.21. The molecule has 2 saturated carbocycles. The molecule has 2 bridgehead atoms. The van der Waals surface area contributed by atoms with Gasteiger partial charge >= 0.3 is 0 Å². The van der Waals surface area contributed by atoms with Crippen LogP contribution >= 0.6 is 0 Å². The molecule has 3 aliphatic rings. The van der Waals surface area contributed by atoms with Gasteiger partial charge in [0.05, 0.1) is 18.8 Å². The number of carbonyl (C=O) groups is 1. The van der Waals surface area contributed by atoms with Gasteiger partial charge in [-0.25, -0.2) is 5.84 Å². The molecule has 3 rings (SSSR count). The van der Waals surface area contributed by atoms with Gasteiger partial charge in [0, 0.05) is 0 Å². The van der Waals surface area contributed by atoms with Crippen molar-refractivity contribution in [1.29, 1.82) is 0 Å². The van der Waals surface area contributed by atoms with E-state index < -0.39 is 6.10 Å². The molecule has 5 nitrogen and oxygen atoms in total. The van der Waals surface area contributed by atoms with Crippen molar-refractivity contribution in [3.63, 3.8) is 0 Å². The summed E-state index contributed by atoms with van der Waals surface area (Å²) in [4.78, 5) is 11.5. The van der Waals surface area contributed by atoms with Gasteiger partial charge in [-0.3, -0.25) is 10.2 Å². The lowest BCUT2D eigenvalue weighted by Crippen LogP contribution is -2.40. The third-order valence-corrected chi connectivity index (χ3v) is 6.74. The number of nitrogens with one attached hydrogen (secondary N) is 1. The minimum Gasteiger partial charge on any atom is -0.375 e. The first kappa shape index (κ1) is 15.3. The topological polar surface area (TPSA) is 73.6 Å². The Balaban J connectivity index is 1.52. The normalized spacial score (nSPS) is 44.2. The van der Waals surface area contributed by atoms with E-state index in [0.29, 0.717) is 18.1 Å². The van der Waals surface area contributed by atoms with Crippen LogP contribution in [0.4, 0.5) is 0 Å². The van der Waals surface area contributed by atoms with Crippen LogP contribution < -0.4 is 11.3 Å². The zero-order valence-electron chi connectivity index (χ0n) is 13.4. The summed E-state index contributed by atoms with van der Waals surface area (Å²) in [6.07, 6.45) is 5.32. The van der Waals surface area contributed by atoms with Gasteiger partial charge in [-0.1, -0.05) is 20.8 Å². The highest BCUT2D eigenvalue weighted by Crippen LogP contribution is 2.66. The summed E-state index contributed by atoms with van der Waals surface area (Å²) < 4.78 is 12.0. The molecule has 1 heterocycles. The number of hydrogen-bond donors (Lipinski definition) is 2. The first-order valence-corrected chi connectivity index (χ1v) is 8.16. The van der Waals surface area contributed by atoms with Crippen molar-refractivity contribution < 1.29 is 14.3 Å². The quantitative estimate of drug-likeness (QED) is 0.471. The van der Waals surface area contributed by atoms with Crippen molar-refractivity contribution in [1.82, 2.24) is 5.43 Å². The van der Waals surface area contributed by atoms with Gasteiger partial charge in [-0.15, -0.1) is 0 Å². The smallest absolute Gasteiger partial charge is 0.263 e. The molecule has 0 aromatic heterocycles. The summed E-state index contributed by atoms with van der Waals surface area (Å²) in [6.45, 7) is 7.76. The molecule has 0 aromatic rings. The average molecular weight is 296 g/mol. The summed E-state index contributed by atoms with van der Waals surface area (Å²) in [6, 6.07) is 0. The first-order chi connectivity index (χ1) is 9.88. The lowest BCUT2D eigenvalue weighted by atomic mass is 9.70. The fourth-order valence-corrected chi connectivity index (χ4v) is 4.72. The fourth-order valence-electron chi connectivity index (χ4n) is 4.72. The van der Waals surface area contributed by atoms with E-state index in [1.54, 1.807) is 0 Å². The van der Waals surface area contributed by atoms with Gasteiger partial charge < -0.3 is 9.47 Å². The number of rotatable bonds is 4. The highest BCUT2D eigenvalue weighted by atomic mass is 16.5. The van der Waals surface area contributed by atoms with E-state index in [1.165, 1.54) is 19.3 Å². The molecule has 1 aliphatic heterocycles. The molecular formula is C16H28N2O3. The molecule has 5 heteroatoms. The van der Waals surface area contributed by atoms with Gasteiger partial charge in [0.15, 0.2) is 0 Å². The van der Waals surface area contributed by atoms with Crippen molar-refractivity contribution in [2.24, 2.45) is 22.6 Å². The van der Waals surface area contributed by atoms with E-state index >= 15 is 0 Å². The highest BCUT2D eigenvalue weighted by molar-refractivity contribution is 5.80. The maximum absolute atomic E-state index is 11.5. The minimum atomic E-state index is -0.407. The zero-order valence-corrected chi connectivity index (χ0v) is 13.4. The number of ether oxygens (including phenoxy) is 2. The lowest BCUT2D eigenvalue weighted by Gasteiger charge is -2.39. The Kier molecular flexibility index (Phi) is 3.79. The number of carbonyl (C=O) groups excluding carboxylic acids is 1. The lowest BCUT2D eigenvalue weighted by molar-refractivity contribution is -0.135. The standard InChI is InChI=1S/C16H28N2O3/c1-15(2)10-6-7-16(15,3)13(8-10)20-9-11-4-5-12(21-11)14(19)18-17/h10-13H,4-9,17H2,1-3H3,(H,18,19). The van der Waals surface area contributed by atoms with Crippen LogP contribution in [0.5, 0.6) is 0 Å². The van der Waals surface area contributed by atoms with Crippen LogP contribution in [0.25, 0.3) is 0 Å². The van der Waals surface area contributed by atoms with Crippen molar-refractivity contribution >= 4 is 5.91 Å². The molecule has 2 aliphatic carbocycles. The minimum absolute atomic E-state index is 0.0261. The van der Waals surface area contributed by atoms with Crippen molar-refractivity contribution in [2.75, 3.05) is 6.61 Å². The second-order valence-electron chi connectivity index (χ2n) is 7.77. The Hall–Kier alpha value is -0.650. The summed E-state index contributed by atoms with van der Waals surface area (Å²) in [5.41, 5.74) is 2.81. The number of hydrazine groups is 1. The van der Waals surface area contributed by atoms with E-state index in [2.05, 4.69) is 26.2 Å². The van der Waals surface area contributed by atoms with E-state index in [-0.39, 0.29) is 17.4 Å². The highest BCUT2D eigenvalue weighted by Gasteiger charge is 2.61. The molecule has 1 saturated heterocycles. The van der Waals surface area contributed by atoms with E-state index in [9.17, 15) is 4.79 Å². The Morgan fingerprint density at radius 1 is 1.33 bits per heavy atom. The predicted molar refractivity (Wildman–Crippen MR) is 79.2 cm³/mol. The number of amides is 1. The Labute approximate surface area is 126 Å². The predicted octanol–water partition coefficient (Wildman–Crippen LogP) is 1.76. The van der Waals surface area contributed by atoms with Gasteiger partial charge in [-0.2, -0.15) is 0 Å². The Morgan fingerprint density at radius 2 is 2.10 bits per heavy atom. The van der Waals surface area contributed by atoms with Crippen LogP contribution in [-0.2, 0) is 14.3 Å². The molecule has 5 atom stereocenters. The Bertz CT molecular complexity index is 426. The first-order valence-electron chi connectivity index (χ1n) is 8.16. The maximum Gasteiger partial charge on any atom is 0.263 e. The van der Waals surface area contributed by atoms with E-state index in [0.717, 1.165) is 18.8 Å². The van der Waals surface area contributed by atoms with Gasteiger partial charge in [0.2, 0.25) is 0 Å². The van der Waals surface area contributed by atoms with Gasteiger partial charge in [0.25, 0.3) is 5.91 Å². The van der Waals surface area contributed by atoms with Gasteiger partial charge in [0.1, 0.15) is 6.10 Å². The zero-order chi connectivity index (χ0) is 15.3. The number of fused-ring (bicyclic) bond motifs is 2. The van der Waals surface area contributed by atoms with Crippen LogP contribution in [0.1, 0.15) is 52.9 Å². The number of nitrogens with two attached hydrogens (primary N) is 1. The molecule has 0 aromatic carbocycles. The van der Waals surface area contributed by atoms with E-state index in [4.69, 9.17) is 15.3 Å². The third kappa shape index (κ3) is 2.30. The average Bonchev–Trinajstić information content (AvgIpc) is 3.06. The molecule has 1 amide bonds. The second-order valence-corrected chi connectivity index (χ2v) is 7.77. The summed E-state index contributed by atoms with van der Waals surface area (Å²) >= 11 is 0. The maximum atomic E-state index is 11.5.